The summed E-state index contributed by atoms with van der Waals surface area (Å²) in [5.74, 6) is 2.63. The number of benzene rings is 1. The molecule has 0 spiro atoms. The molecule has 24 heavy (non-hydrogen) atoms. The number of amides is 1. The van der Waals surface area contributed by atoms with Crippen molar-refractivity contribution in [2.45, 2.75) is 39.0 Å². The molecule has 128 valence electrons. The van der Waals surface area contributed by atoms with Crippen LogP contribution in [0.2, 0.25) is 5.02 Å². The van der Waals surface area contributed by atoms with Gasteiger partial charge in [0.15, 0.2) is 0 Å². The van der Waals surface area contributed by atoms with E-state index in [4.69, 9.17) is 11.6 Å². The number of nitrogens with one attached hydrogen (secondary N) is 2. The third kappa shape index (κ3) is 4.35. The van der Waals surface area contributed by atoms with Crippen LogP contribution >= 0.6 is 11.6 Å². The van der Waals surface area contributed by atoms with E-state index >= 15 is 0 Å². The molecule has 0 unspecified atom stereocenters. The Morgan fingerprint density at radius 2 is 2.08 bits per heavy atom. The van der Waals surface area contributed by atoms with Gasteiger partial charge in [-0.05, 0) is 37.0 Å². The highest BCUT2D eigenvalue weighted by atomic mass is 35.5. The number of hydrogen-bond acceptors (Lipinski definition) is 4. The van der Waals surface area contributed by atoms with Crippen molar-refractivity contribution in [2.75, 3.05) is 18.4 Å². The maximum Gasteiger partial charge on any atom is 0.220 e. The molecule has 5 nitrogen and oxygen atoms in total. The van der Waals surface area contributed by atoms with E-state index in [2.05, 4.69) is 20.6 Å². The monoisotopic (exact) mass is 346 g/mol. The van der Waals surface area contributed by atoms with Crippen LogP contribution in [0.15, 0.2) is 18.2 Å². The van der Waals surface area contributed by atoms with Crippen LogP contribution in [0.25, 0.3) is 10.9 Å². The van der Waals surface area contributed by atoms with Crippen molar-refractivity contribution in [3.8, 4) is 0 Å². The summed E-state index contributed by atoms with van der Waals surface area (Å²) in [5, 5.41) is 7.89. The highest BCUT2D eigenvalue weighted by Crippen LogP contribution is 2.39. The molecular formula is C18H23ClN4O. The molecule has 0 bridgehead atoms. The van der Waals surface area contributed by atoms with E-state index in [1.165, 1.54) is 0 Å². The first-order valence-corrected chi connectivity index (χ1v) is 8.88. The average Bonchev–Trinajstić information content (AvgIpc) is 3.34. The van der Waals surface area contributed by atoms with Crippen molar-refractivity contribution in [3.63, 3.8) is 0 Å². The van der Waals surface area contributed by atoms with Crippen molar-refractivity contribution in [2.24, 2.45) is 5.92 Å². The van der Waals surface area contributed by atoms with Gasteiger partial charge in [0.2, 0.25) is 5.91 Å². The Balaban J connectivity index is 1.68. The van der Waals surface area contributed by atoms with Gasteiger partial charge in [-0.1, -0.05) is 25.4 Å². The first-order valence-electron chi connectivity index (χ1n) is 8.50. The fraction of sp³-hybridized carbons (Fsp3) is 0.500. The normalized spacial score (nSPS) is 14.2. The Labute approximate surface area is 147 Å². The molecule has 6 heteroatoms. The Hall–Kier alpha value is -1.88. The Bertz CT molecular complexity index is 743. The lowest BCUT2D eigenvalue weighted by atomic mass is 10.1. The summed E-state index contributed by atoms with van der Waals surface area (Å²) in [6.07, 6.45) is 2.86. The van der Waals surface area contributed by atoms with Crippen LogP contribution in [0.5, 0.6) is 0 Å². The number of aromatic nitrogens is 2. The van der Waals surface area contributed by atoms with Gasteiger partial charge in [0.1, 0.15) is 11.6 Å². The SMILES string of the molecule is CC(C)CC(=O)NCCNc1nc(C2CC2)nc2cc(Cl)ccc12. The lowest BCUT2D eigenvalue weighted by Gasteiger charge is -2.12. The summed E-state index contributed by atoms with van der Waals surface area (Å²) < 4.78 is 0. The van der Waals surface area contributed by atoms with Crippen molar-refractivity contribution >= 4 is 34.2 Å². The number of carbonyl (C=O) groups excluding carboxylic acids is 1. The maximum absolute atomic E-state index is 11.7. The molecule has 0 radical (unpaired) electrons. The Morgan fingerprint density at radius 3 is 2.79 bits per heavy atom. The van der Waals surface area contributed by atoms with Gasteiger partial charge in [-0.25, -0.2) is 9.97 Å². The molecule has 3 rings (SSSR count). The smallest absolute Gasteiger partial charge is 0.220 e. The molecule has 1 aromatic carbocycles. The molecule has 1 heterocycles. The summed E-state index contributed by atoms with van der Waals surface area (Å²) >= 11 is 6.09. The molecule has 0 saturated heterocycles. The van der Waals surface area contributed by atoms with Gasteiger partial charge in [-0.15, -0.1) is 0 Å². The number of anilines is 1. The largest absolute Gasteiger partial charge is 0.368 e. The minimum atomic E-state index is 0.0878. The Kier molecular flexibility index (Phi) is 5.19. The van der Waals surface area contributed by atoms with Gasteiger partial charge in [-0.2, -0.15) is 0 Å². The molecule has 1 saturated carbocycles. The standard InChI is InChI=1S/C18H23ClN4O/c1-11(2)9-16(24)20-7-8-21-18-14-6-5-13(19)10-15(14)22-17(23-18)12-3-4-12/h5-6,10-12H,3-4,7-9H2,1-2H3,(H,20,24)(H,21,22,23). The third-order valence-electron chi connectivity index (χ3n) is 3.95. The van der Waals surface area contributed by atoms with Gasteiger partial charge in [-0.3, -0.25) is 4.79 Å². The Morgan fingerprint density at radius 1 is 1.29 bits per heavy atom. The molecule has 1 aliphatic rings. The number of hydrogen-bond donors (Lipinski definition) is 2. The summed E-state index contributed by atoms with van der Waals surface area (Å²) in [6.45, 7) is 5.27. The second-order valence-electron chi connectivity index (χ2n) is 6.74. The molecule has 2 aromatic rings. The second-order valence-corrected chi connectivity index (χ2v) is 7.18. The molecule has 0 atom stereocenters. The van der Waals surface area contributed by atoms with E-state index in [1.54, 1.807) is 0 Å². The predicted molar refractivity (Wildman–Crippen MR) is 97.5 cm³/mol. The van der Waals surface area contributed by atoms with Crippen LogP contribution in [0.4, 0.5) is 5.82 Å². The van der Waals surface area contributed by atoms with Crippen LogP contribution in [-0.4, -0.2) is 29.0 Å². The number of rotatable bonds is 7. The molecule has 1 aromatic heterocycles. The van der Waals surface area contributed by atoms with Gasteiger partial charge in [0.25, 0.3) is 0 Å². The third-order valence-corrected chi connectivity index (χ3v) is 4.19. The van der Waals surface area contributed by atoms with Gasteiger partial charge >= 0.3 is 0 Å². The van der Waals surface area contributed by atoms with Crippen molar-refractivity contribution in [1.82, 2.24) is 15.3 Å². The highest BCUT2D eigenvalue weighted by Gasteiger charge is 2.27. The summed E-state index contributed by atoms with van der Waals surface area (Å²) in [6, 6.07) is 5.66. The average molecular weight is 347 g/mol. The van der Waals surface area contributed by atoms with Crippen LogP contribution in [-0.2, 0) is 4.79 Å². The molecule has 1 fully saturated rings. The number of nitrogens with zero attached hydrogens (tertiary/aromatic N) is 2. The van der Waals surface area contributed by atoms with E-state index in [-0.39, 0.29) is 5.91 Å². The summed E-state index contributed by atoms with van der Waals surface area (Å²) in [4.78, 5) is 21.0. The van der Waals surface area contributed by atoms with Crippen LogP contribution < -0.4 is 10.6 Å². The van der Waals surface area contributed by atoms with Gasteiger partial charge in [0.05, 0.1) is 5.52 Å². The fourth-order valence-electron chi connectivity index (χ4n) is 2.61. The second kappa shape index (κ2) is 7.34. The van der Waals surface area contributed by atoms with Crippen LogP contribution in [0, 0.1) is 5.92 Å². The lowest BCUT2D eigenvalue weighted by molar-refractivity contribution is -0.121. The van der Waals surface area contributed by atoms with E-state index in [0.717, 1.165) is 35.4 Å². The van der Waals surface area contributed by atoms with Crippen LogP contribution in [0.1, 0.15) is 44.9 Å². The quantitative estimate of drug-likeness (QED) is 0.749. The van der Waals surface area contributed by atoms with Crippen molar-refractivity contribution in [1.29, 1.82) is 0 Å². The zero-order valence-electron chi connectivity index (χ0n) is 14.1. The first-order chi connectivity index (χ1) is 11.5. The van der Waals surface area contributed by atoms with E-state index in [1.807, 2.05) is 32.0 Å². The molecular weight excluding hydrogens is 324 g/mol. The molecule has 1 aliphatic carbocycles. The van der Waals surface area contributed by atoms with E-state index < -0.39 is 0 Å². The summed E-state index contributed by atoms with van der Waals surface area (Å²) in [5.41, 5.74) is 0.866. The lowest BCUT2D eigenvalue weighted by Crippen LogP contribution is -2.29. The van der Waals surface area contributed by atoms with E-state index in [9.17, 15) is 4.79 Å². The number of fused-ring (bicyclic) bond motifs is 1. The minimum Gasteiger partial charge on any atom is -0.368 e. The van der Waals surface area contributed by atoms with Crippen LogP contribution in [0.3, 0.4) is 0 Å². The summed E-state index contributed by atoms with van der Waals surface area (Å²) in [7, 11) is 0. The maximum atomic E-state index is 11.7. The topological polar surface area (TPSA) is 66.9 Å². The zero-order valence-corrected chi connectivity index (χ0v) is 14.9. The number of halogens is 1. The van der Waals surface area contributed by atoms with Gasteiger partial charge < -0.3 is 10.6 Å². The molecule has 0 aliphatic heterocycles. The first kappa shape index (κ1) is 17.0. The minimum absolute atomic E-state index is 0.0878. The fourth-order valence-corrected chi connectivity index (χ4v) is 2.77. The molecule has 2 N–H and O–H groups in total. The number of carbonyl (C=O) groups is 1. The predicted octanol–water partition coefficient (Wildman–Crippen LogP) is 3.73. The zero-order chi connectivity index (χ0) is 17.1. The highest BCUT2D eigenvalue weighted by molar-refractivity contribution is 6.31. The molecule has 1 amide bonds. The van der Waals surface area contributed by atoms with E-state index in [0.29, 0.717) is 36.4 Å². The van der Waals surface area contributed by atoms with Crippen molar-refractivity contribution < 1.29 is 4.79 Å². The van der Waals surface area contributed by atoms with Gasteiger partial charge in [0, 0.05) is 35.8 Å². The van der Waals surface area contributed by atoms with Crippen molar-refractivity contribution in [3.05, 3.63) is 29.0 Å².